The van der Waals surface area contributed by atoms with E-state index in [1.807, 2.05) is 36.2 Å². The lowest BCUT2D eigenvalue weighted by Crippen LogP contribution is -2.55. The molecule has 0 bridgehead atoms. The zero-order chi connectivity index (χ0) is 31.0. The number of nitriles is 1. The van der Waals surface area contributed by atoms with E-state index in [9.17, 15) is 15.2 Å². The SMILES string of the molecule is CO[C@@H]1C[C@@H](COc2nc(N3CCN(C(=O)O)[C@@H](CC#N)C3)c3cnc(-c4cccc5cccc(Cl)c45)c(F)c3n2)N(C)C1. The molecule has 0 unspecified atom stereocenters. The highest BCUT2D eigenvalue weighted by molar-refractivity contribution is 6.36. The van der Waals surface area contributed by atoms with Gasteiger partial charge in [0.1, 0.15) is 23.6 Å². The molecule has 3 atom stereocenters. The molecule has 6 rings (SSSR count). The summed E-state index contributed by atoms with van der Waals surface area (Å²) in [5.74, 6) is -0.292. The van der Waals surface area contributed by atoms with Gasteiger partial charge in [0, 0.05) is 61.5 Å². The zero-order valence-electron chi connectivity index (χ0n) is 24.3. The fourth-order valence-electron chi connectivity index (χ4n) is 6.15. The number of carboxylic acid groups (broad SMARTS) is 1. The molecule has 0 radical (unpaired) electrons. The largest absolute Gasteiger partial charge is 0.465 e. The van der Waals surface area contributed by atoms with E-state index >= 15 is 4.39 Å². The maximum absolute atomic E-state index is 16.6. The Morgan fingerprint density at radius 2 is 1.98 bits per heavy atom. The Bertz CT molecular complexity index is 1760. The van der Waals surface area contributed by atoms with Crippen LogP contribution in [0.1, 0.15) is 12.8 Å². The number of hydrogen-bond acceptors (Lipinski definition) is 9. The molecular weight excluding hydrogens is 589 g/mol. The lowest BCUT2D eigenvalue weighted by molar-refractivity contribution is 0.111. The van der Waals surface area contributed by atoms with Gasteiger partial charge in [0.15, 0.2) is 5.82 Å². The number of benzene rings is 2. The summed E-state index contributed by atoms with van der Waals surface area (Å²) < 4.78 is 28.2. The predicted molar refractivity (Wildman–Crippen MR) is 164 cm³/mol. The van der Waals surface area contributed by atoms with Crippen LogP contribution in [-0.2, 0) is 4.74 Å². The van der Waals surface area contributed by atoms with Gasteiger partial charge in [-0.05, 0) is 24.9 Å². The summed E-state index contributed by atoms with van der Waals surface area (Å²) in [4.78, 5) is 30.8. The van der Waals surface area contributed by atoms with Crippen molar-refractivity contribution in [1.82, 2.24) is 24.8 Å². The van der Waals surface area contributed by atoms with E-state index in [-0.39, 0.29) is 62.0 Å². The van der Waals surface area contributed by atoms with Crippen LogP contribution in [0.25, 0.3) is 32.9 Å². The maximum Gasteiger partial charge on any atom is 0.407 e. The van der Waals surface area contributed by atoms with Gasteiger partial charge < -0.3 is 24.4 Å². The number of anilines is 1. The third-order valence-electron chi connectivity index (χ3n) is 8.50. The average molecular weight is 620 g/mol. The van der Waals surface area contributed by atoms with Crippen LogP contribution in [0.15, 0.2) is 42.6 Å². The number of pyridine rings is 1. The van der Waals surface area contributed by atoms with Crippen molar-refractivity contribution in [2.45, 2.75) is 31.0 Å². The molecule has 2 aliphatic rings. The van der Waals surface area contributed by atoms with Crippen LogP contribution in [0.5, 0.6) is 6.01 Å². The van der Waals surface area contributed by atoms with Gasteiger partial charge >= 0.3 is 12.1 Å². The molecule has 11 nitrogen and oxygen atoms in total. The second-order valence-corrected chi connectivity index (χ2v) is 11.5. The van der Waals surface area contributed by atoms with Crippen molar-refractivity contribution < 1.29 is 23.8 Å². The molecule has 13 heteroatoms. The molecule has 2 aliphatic heterocycles. The molecule has 0 spiro atoms. The Morgan fingerprint density at radius 3 is 2.70 bits per heavy atom. The number of halogens is 2. The Labute approximate surface area is 258 Å². The molecule has 0 aliphatic carbocycles. The highest BCUT2D eigenvalue weighted by Gasteiger charge is 2.33. The molecule has 1 amide bonds. The Hall–Kier alpha value is -4.31. The predicted octanol–water partition coefficient (Wildman–Crippen LogP) is 4.82. The molecule has 2 fully saturated rings. The minimum Gasteiger partial charge on any atom is -0.465 e. The van der Waals surface area contributed by atoms with Crippen LogP contribution >= 0.6 is 11.6 Å². The number of likely N-dealkylation sites (N-methyl/N-ethyl adjacent to an activating group) is 1. The van der Waals surface area contributed by atoms with Crippen LogP contribution < -0.4 is 9.64 Å². The molecule has 4 heterocycles. The average Bonchev–Trinajstić information content (AvgIpc) is 3.39. The summed E-state index contributed by atoms with van der Waals surface area (Å²) in [5.41, 5.74) is 0.631. The number of amides is 1. The summed E-state index contributed by atoms with van der Waals surface area (Å²) in [6.07, 6.45) is 1.29. The summed E-state index contributed by atoms with van der Waals surface area (Å²) in [6.45, 7) is 1.65. The van der Waals surface area contributed by atoms with Crippen LogP contribution in [0.4, 0.5) is 15.0 Å². The second kappa shape index (κ2) is 12.4. The van der Waals surface area contributed by atoms with Crippen LogP contribution in [-0.4, -0.2) is 101 Å². The number of piperazine rings is 1. The number of carbonyl (C=O) groups is 1. The van der Waals surface area contributed by atoms with Crippen LogP contribution in [0.3, 0.4) is 0 Å². The Morgan fingerprint density at radius 1 is 1.18 bits per heavy atom. The van der Waals surface area contributed by atoms with E-state index < -0.39 is 18.0 Å². The molecule has 4 aromatic rings. The van der Waals surface area contributed by atoms with E-state index in [0.717, 1.165) is 18.4 Å². The molecule has 1 N–H and O–H groups in total. The smallest absolute Gasteiger partial charge is 0.407 e. The van der Waals surface area contributed by atoms with Crippen molar-refractivity contribution in [2.75, 3.05) is 51.8 Å². The summed E-state index contributed by atoms with van der Waals surface area (Å²) in [6, 6.07) is 12.5. The van der Waals surface area contributed by atoms with Gasteiger partial charge in [-0.3, -0.25) is 9.88 Å². The van der Waals surface area contributed by atoms with Gasteiger partial charge in [0.2, 0.25) is 0 Å². The van der Waals surface area contributed by atoms with Crippen molar-refractivity contribution in [3.05, 3.63) is 53.4 Å². The highest BCUT2D eigenvalue weighted by atomic mass is 35.5. The van der Waals surface area contributed by atoms with Gasteiger partial charge in [-0.2, -0.15) is 15.2 Å². The third kappa shape index (κ3) is 5.54. The number of nitrogens with zero attached hydrogens (tertiary/aromatic N) is 7. The standard InChI is InChI=1S/C31H31ClFN7O4/c1-38-16-21(43-2)13-20(38)17-44-30-36-28-23(29(37-30)39-11-12-40(31(41)42)19(15-39)9-10-34)14-35-27(26(28)33)22-7-3-5-18-6-4-8-24(32)25(18)22/h3-8,14,19-21H,9,11-13,15-17H2,1-2H3,(H,41,42)/t19-,20-,21+/m0/s1. The summed E-state index contributed by atoms with van der Waals surface area (Å²) >= 11 is 6.56. The molecule has 2 aromatic heterocycles. The van der Waals surface area contributed by atoms with Gasteiger partial charge in [0.25, 0.3) is 0 Å². The third-order valence-corrected chi connectivity index (χ3v) is 8.81. The van der Waals surface area contributed by atoms with Crippen molar-refractivity contribution in [3.8, 4) is 23.3 Å². The lowest BCUT2D eigenvalue weighted by Gasteiger charge is -2.39. The van der Waals surface area contributed by atoms with E-state index in [1.54, 1.807) is 19.2 Å². The van der Waals surface area contributed by atoms with Crippen LogP contribution in [0, 0.1) is 17.1 Å². The highest BCUT2D eigenvalue weighted by Crippen LogP contribution is 2.37. The first-order chi connectivity index (χ1) is 21.3. The maximum atomic E-state index is 16.6. The Kier molecular flexibility index (Phi) is 8.35. The molecular formula is C31H31ClFN7O4. The number of fused-ring (bicyclic) bond motifs is 2. The Balaban J connectivity index is 1.44. The molecule has 228 valence electrons. The first-order valence-electron chi connectivity index (χ1n) is 14.3. The van der Waals surface area contributed by atoms with Gasteiger partial charge in [-0.1, -0.05) is 41.9 Å². The normalized spacial score (nSPS) is 20.8. The zero-order valence-corrected chi connectivity index (χ0v) is 25.0. The number of methoxy groups -OCH3 is 1. The monoisotopic (exact) mass is 619 g/mol. The first-order valence-corrected chi connectivity index (χ1v) is 14.7. The minimum atomic E-state index is -1.09. The number of ether oxygens (including phenoxy) is 2. The van der Waals surface area contributed by atoms with Crippen LogP contribution in [0.2, 0.25) is 5.02 Å². The van der Waals surface area contributed by atoms with E-state index in [1.165, 1.54) is 11.1 Å². The molecule has 44 heavy (non-hydrogen) atoms. The second-order valence-electron chi connectivity index (χ2n) is 11.1. The van der Waals surface area contributed by atoms with Gasteiger partial charge in [-0.15, -0.1) is 0 Å². The van der Waals surface area contributed by atoms with Crippen molar-refractivity contribution >= 4 is 45.2 Å². The molecule has 0 saturated carbocycles. The number of aromatic nitrogens is 3. The lowest BCUT2D eigenvalue weighted by atomic mass is 10.0. The molecule has 2 aromatic carbocycles. The quantitative estimate of drug-likeness (QED) is 0.307. The minimum absolute atomic E-state index is 0.00243. The fraction of sp³-hybridized carbons (Fsp3) is 0.387. The number of rotatable bonds is 7. The van der Waals surface area contributed by atoms with E-state index in [4.69, 9.17) is 21.1 Å². The summed E-state index contributed by atoms with van der Waals surface area (Å²) in [7, 11) is 3.67. The summed E-state index contributed by atoms with van der Waals surface area (Å²) in [5, 5.41) is 21.4. The van der Waals surface area contributed by atoms with Crippen molar-refractivity contribution in [1.29, 1.82) is 5.26 Å². The van der Waals surface area contributed by atoms with E-state index in [2.05, 4.69) is 25.9 Å². The van der Waals surface area contributed by atoms with Gasteiger partial charge in [0.05, 0.1) is 30.0 Å². The molecule has 2 saturated heterocycles. The topological polar surface area (TPSA) is 128 Å². The number of hydrogen-bond donors (Lipinski definition) is 1. The fourth-order valence-corrected chi connectivity index (χ4v) is 6.44. The van der Waals surface area contributed by atoms with Crippen molar-refractivity contribution in [2.24, 2.45) is 0 Å². The van der Waals surface area contributed by atoms with E-state index in [0.29, 0.717) is 27.2 Å². The van der Waals surface area contributed by atoms with Gasteiger partial charge in [-0.25, -0.2) is 9.18 Å². The first kappa shape index (κ1) is 29.7. The van der Waals surface area contributed by atoms with Crippen molar-refractivity contribution in [3.63, 3.8) is 0 Å². The number of likely N-dealkylation sites (tertiary alicyclic amines) is 1.